The molecule has 1 aromatic carbocycles. The van der Waals surface area contributed by atoms with E-state index in [1.807, 2.05) is 0 Å². The highest BCUT2D eigenvalue weighted by molar-refractivity contribution is 6.22. The Morgan fingerprint density at radius 1 is 1.07 bits per heavy atom. The van der Waals surface area contributed by atoms with E-state index in [0.717, 1.165) is 24.2 Å². The highest BCUT2D eigenvalue weighted by Crippen LogP contribution is 2.29. The van der Waals surface area contributed by atoms with E-state index >= 15 is 0 Å². The molecule has 3 rings (SSSR count). The van der Waals surface area contributed by atoms with Gasteiger partial charge >= 0.3 is 5.97 Å². The first-order chi connectivity index (χ1) is 13.7. The van der Waals surface area contributed by atoms with Crippen molar-refractivity contribution in [2.75, 3.05) is 0 Å². The van der Waals surface area contributed by atoms with E-state index in [0.29, 0.717) is 11.8 Å². The maximum absolute atomic E-state index is 12.5. The molecule has 1 aliphatic carbocycles. The van der Waals surface area contributed by atoms with Gasteiger partial charge in [-0.2, -0.15) is 0 Å². The Balaban J connectivity index is 1.60. The van der Waals surface area contributed by atoms with Crippen LogP contribution in [0.2, 0.25) is 0 Å². The lowest BCUT2D eigenvalue weighted by Crippen LogP contribution is -2.49. The molecule has 1 heterocycles. The lowest BCUT2D eigenvalue weighted by atomic mass is 9.78. The predicted octanol–water partition coefficient (Wildman–Crippen LogP) is 2.54. The Hall–Kier alpha value is -2.70. The van der Waals surface area contributed by atoms with Crippen molar-refractivity contribution in [1.29, 1.82) is 0 Å². The summed E-state index contributed by atoms with van der Waals surface area (Å²) in [4.78, 5) is 51.0. The van der Waals surface area contributed by atoms with E-state index in [-0.39, 0.29) is 23.1 Å². The lowest BCUT2D eigenvalue weighted by Gasteiger charge is -2.35. The van der Waals surface area contributed by atoms with Gasteiger partial charge in [-0.05, 0) is 44.2 Å². The van der Waals surface area contributed by atoms with E-state index in [1.54, 1.807) is 24.3 Å². The maximum Gasteiger partial charge on any atom is 0.329 e. The molecule has 29 heavy (non-hydrogen) atoms. The summed E-state index contributed by atoms with van der Waals surface area (Å²) >= 11 is 0. The molecular weight excluding hydrogens is 372 g/mol. The highest BCUT2D eigenvalue weighted by Gasteiger charge is 2.42. The van der Waals surface area contributed by atoms with Crippen LogP contribution in [0.5, 0.6) is 0 Å². The fourth-order valence-electron chi connectivity index (χ4n) is 4.08. The number of benzene rings is 1. The van der Waals surface area contributed by atoms with Crippen LogP contribution in [-0.4, -0.2) is 46.8 Å². The van der Waals surface area contributed by atoms with E-state index in [9.17, 15) is 19.2 Å². The van der Waals surface area contributed by atoms with E-state index in [2.05, 4.69) is 19.2 Å². The summed E-state index contributed by atoms with van der Waals surface area (Å²) in [5.74, 6) is -1.32. The fourth-order valence-corrected chi connectivity index (χ4v) is 4.08. The van der Waals surface area contributed by atoms with Gasteiger partial charge in [0.1, 0.15) is 6.04 Å². The van der Waals surface area contributed by atoms with Crippen molar-refractivity contribution in [3.63, 3.8) is 0 Å². The number of hydrogen-bond acceptors (Lipinski definition) is 5. The third-order valence-corrected chi connectivity index (χ3v) is 6.25. The van der Waals surface area contributed by atoms with Crippen molar-refractivity contribution in [3.8, 4) is 0 Å². The summed E-state index contributed by atoms with van der Waals surface area (Å²) in [6, 6.07) is 5.37. The van der Waals surface area contributed by atoms with Gasteiger partial charge < -0.3 is 10.1 Å². The van der Waals surface area contributed by atoms with Crippen LogP contribution in [-0.2, 0) is 14.3 Å². The van der Waals surface area contributed by atoms with E-state index in [1.165, 1.54) is 13.8 Å². The predicted molar refractivity (Wildman–Crippen MR) is 106 cm³/mol. The molecule has 1 saturated carbocycles. The van der Waals surface area contributed by atoms with Crippen LogP contribution in [0, 0.1) is 11.8 Å². The molecule has 1 aromatic rings. The summed E-state index contributed by atoms with van der Waals surface area (Å²) in [5.41, 5.74) is 0.534. The molecule has 2 aliphatic rings. The third-order valence-electron chi connectivity index (χ3n) is 6.25. The normalized spacial score (nSPS) is 25.9. The highest BCUT2D eigenvalue weighted by atomic mass is 16.5. The number of amides is 3. The zero-order chi connectivity index (χ0) is 21.3. The SMILES string of the molecule is C[C@@H]1[C@H](C)CCC[C@H]1NC(=O)[C@@H](C)OC(=O)[C@@H](C)N1C(=O)c2ccccc2C1=O. The van der Waals surface area contributed by atoms with Gasteiger partial charge in [-0.25, -0.2) is 4.79 Å². The minimum absolute atomic E-state index is 0.0565. The van der Waals surface area contributed by atoms with Crippen molar-refractivity contribution in [1.82, 2.24) is 10.2 Å². The van der Waals surface area contributed by atoms with E-state index < -0.39 is 29.9 Å². The van der Waals surface area contributed by atoms with Crippen molar-refractivity contribution in [3.05, 3.63) is 35.4 Å². The van der Waals surface area contributed by atoms with Crippen LogP contribution in [0.25, 0.3) is 0 Å². The summed E-state index contributed by atoms with van der Waals surface area (Å²) in [7, 11) is 0. The number of hydrogen-bond donors (Lipinski definition) is 1. The molecule has 5 atom stereocenters. The maximum atomic E-state index is 12.5. The number of carbonyl (C=O) groups excluding carboxylic acids is 4. The first-order valence-corrected chi connectivity index (χ1v) is 10.2. The van der Waals surface area contributed by atoms with Crippen LogP contribution in [0.4, 0.5) is 0 Å². The molecule has 0 saturated heterocycles. The van der Waals surface area contributed by atoms with Crippen LogP contribution < -0.4 is 5.32 Å². The zero-order valence-electron chi connectivity index (χ0n) is 17.3. The minimum Gasteiger partial charge on any atom is -0.451 e. The summed E-state index contributed by atoms with van der Waals surface area (Å²) in [6.07, 6.45) is 2.10. The standard InChI is InChI=1S/C22H28N2O5/c1-12-8-7-11-18(13(12)2)23-19(25)15(4)29-22(28)14(3)24-20(26)16-9-5-6-10-17(16)21(24)27/h5-6,9-10,12-15,18H,7-8,11H2,1-4H3,(H,23,25)/t12-,13-,14-,15-,18-/m1/s1. The zero-order valence-corrected chi connectivity index (χ0v) is 17.3. The van der Waals surface area contributed by atoms with Crippen molar-refractivity contribution in [2.24, 2.45) is 11.8 Å². The summed E-state index contributed by atoms with van der Waals surface area (Å²) in [6.45, 7) is 7.23. The fraction of sp³-hybridized carbons (Fsp3) is 0.545. The molecule has 0 spiro atoms. The molecule has 7 heteroatoms. The summed E-state index contributed by atoms with van der Waals surface area (Å²) in [5, 5.41) is 2.98. The van der Waals surface area contributed by atoms with Crippen molar-refractivity contribution >= 4 is 23.7 Å². The van der Waals surface area contributed by atoms with Crippen LogP contribution in [0.1, 0.15) is 67.7 Å². The third kappa shape index (κ3) is 4.04. The lowest BCUT2D eigenvalue weighted by molar-refractivity contribution is -0.158. The van der Waals surface area contributed by atoms with Crippen LogP contribution in [0.3, 0.4) is 0 Å². The summed E-state index contributed by atoms with van der Waals surface area (Å²) < 4.78 is 5.29. The number of ether oxygens (including phenoxy) is 1. The van der Waals surface area contributed by atoms with Gasteiger partial charge in [0.25, 0.3) is 17.7 Å². The van der Waals surface area contributed by atoms with Crippen molar-refractivity contribution < 1.29 is 23.9 Å². The van der Waals surface area contributed by atoms with E-state index in [4.69, 9.17) is 4.74 Å². The second kappa shape index (κ2) is 8.35. The molecule has 0 bridgehead atoms. The van der Waals surface area contributed by atoms with Gasteiger partial charge in [-0.15, -0.1) is 0 Å². The monoisotopic (exact) mass is 400 g/mol. The number of rotatable bonds is 5. The molecule has 0 aromatic heterocycles. The van der Waals surface area contributed by atoms with Crippen LogP contribution >= 0.6 is 0 Å². The Morgan fingerprint density at radius 3 is 2.24 bits per heavy atom. The molecular formula is C22H28N2O5. The number of nitrogens with one attached hydrogen (secondary N) is 1. The van der Waals surface area contributed by atoms with Gasteiger partial charge in [-0.3, -0.25) is 19.3 Å². The molecule has 0 unspecified atom stereocenters. The van der Waals surface area contributed by atoms with Gasteiger partial charge in [0.2, 0.25) is 0 Å². The Morgan fingerprint density at radius 2 is 1.66 bits per heavy atom. The first-order valence-electron chi connectivity index (χ1n) is 10.2. The molecule has 1 N–H and O–H groups in total. The van der Waals surface area contributed by atoms with Crippen LogP contribution in [0.15, 0.2) is 24.3 Å². The van der Waals surface area contributed by atoms with Gasteiger partial charge in [-0.1, -0.05) is 38.8 Å². The molecule has 1 aliphatic heterocycles. The number of esters is 1. The molecule has 7 nitrogen and oxygen atoms in total. The molecule has 1 fully saturated rings. The largest absolute Gasteiger partial charge is 0.451 e. The minimum atomic E-state index is -1.12. The number of imide groups is 1. The van der Waals surface area contributed by atoms with Crippen molar-refractivity contribution in [2.45, 2.75) is 65.1 Å². The molecule has 3 amide bonds. The first kappa shape index (κ1) is 21.0. The molecule has 156 valence electrons. The van der Waals surface area contributed by atoms with Gasteiger partial charge in [0.15, 0.2) is 6.10 Å². The molecule has 0 radical (unpaired) electrons. The Labute approximate surface area is 170 Å². The average molecular weight is 400 g/mol. The average Bonchev–Trinajstić information content (AvgIpc) is 2.95. The number of carbonyl (C=O) groups is 4. The second-order valence-corrected chi connectivity index (χ2v) is 8.16. The van der Waals surface area contributed by atoms with Gasteiger partial charge in [0.05, 0.1) is 11.1 Å². The topological polar surface area (TPSA) is 92.8 Å². The second-order valence-electron chi connectivity index (χ2n) is 8.16. The quantitative estimate of drug-likeness (QED) is 0.606. The Kier molecular flexibility index (Phi) is 6.05. The Bertz CT molecular complexity index is 801. The smallest absolute Gasteiger partial charge is 0.329 e. The number of fused-ring (bicyclic) bond motifs is 1. The number of nitrogens with zero attached hydrogens (tertiary/aromatic N) is 1. The van der Waals surface area contributed by atoms with Gasteiger partial charge in [0, 0.05) is 6.04 Å².